The summed E-state index contributed by atoms with van der Waals surface area (Å²) in [4.78, 5) is 17.2. The molecule has 2 heterocycles. The van der Waals surface area contributed by atoms with Crippen molar-refractivity contribution in [3.05, 3.63) is 54.6 Å². The van der Waals surface area contributed by atoms with E-state index in [1.165, 1.54) is 0 Å². The molecule has 0 aliphatic carbocycles. The van der Waals surface area contributed by atoms with Crippen LogP contribution in [0.3, 0.4) is 0 Å². The average molecular weight is 434 g/mol. The van der Waals surface area contributed by atoms with Gasteiger partial charge in [0.1, 0.15) is 23.4 Å². The van der Waals surface area contributed by atoms with E-state index in [4.69, 9.17) is 14.6 Å². The number of ether oxygens (including phenoxy) is 2. The number of benzene rings is 2. The summed E-state index contributed by atoms with van der Waals surface area (Å²) >= 11 is 0. The number of imidazole rings is 1. The lowest BCUT2D eigenvalue weighted by Crippen LogP contribution is -2.06. The van der Waals surface area contributed by atoms with Crippen molar-refractivity contribution in [2.24, 2.45) is 0 Å². The Kier molecular flexibility index (Phi) is 6.23. The zero-order valence-corrected chi connectivity index (χ0v) is 18.4. The fourth-order valence-electron chi connectivity index (χ4n) is 3.80. The molecular formula is C24H26N4O4. The number of hydrogen-bond donors (Lipinski definition) is 1. The van der Waals surface area contributed by atoms with Crippen LogP contribution in [0, 0.1) is 0 Å². The summed E-state index contributed by atoms with van der Waals surface area (Å²) in [5.74, 6) is 0.953. The number of ketones is 1. The number of nitrogens with zero attached hydrogens (tertiary/aromatic N) is 4. The van der Waals surface area contributed by atoms with Gasteiger partial charge in [0.25, 0.3) is 0 Å². The highest BCUT2D eigenvalue weighted by atomic mass is 16.5. The van der Waals surface area contributed by atoms with E-state index in [1.54, 1.807) is 31.4 Å². The van der Waals surface area contributed by atoms with Crippen LogP contribution in [-0.2, 0) is 6.54 Å². The maximum atomic E-state index is 12.6. The van der Waals surface area contributed by atoms with Gasteiger partial charge in [0.05, 0.1) is 50.3 Å². The second kappa shape index (κ2) is 9.23. The maximum absolute atomic E-state index is 12.6. The van der Waals surface area contributed by atoms with Crippen LogP contribution in [0.5, 0.6) is 11.5 Å². The van der Waals surface area contributed by atoms with Crippen LogP contribution in [-0.4, -0.2) is 51.0 Å². The second-order valence-electron chi connectivity index (χ2n) is 7.43. The first-order valence-electron chi connectivity index (χ1n) is 10.5. The molecule has 32 heavy (non-hydrogen) atoms. The third-order valence-electron chi connectivity index (χ3n) is 5.37. The first kappa shape index (κ1) is 21.6. The summed E-state index contributed by atoms with van der Waals surface area (Å²) < 4.78 is 14.7. The van der Waals surface area contributed by atoms with E-state index >= 15 is 0 Å². The van der Waals surface area contributed by atoms with Gasteiger partial charge in [0.2, 0.25) is 0 Å². The Balaban J connectivity index is 1.75. The van der Waals surface area contributed by atoms with Gasteiger partial charge in [-0.15, -0.1) is 0 Å². The lowest BCUT2D eigenvalue weighted by Gasteiger charge is -2.15. The van der Waals surface area contributed by atoms with Crippen LogP contribution < -0.4 is 9.47 Å². The maximum Gasteiger partial charge on any atom is 0.170 e. The normalized spacial score (nSPS) is 11.1. The van der Waals surface area contributed by atoms with E-state index in [0.29, 0.717) is 30.0 Å². The standard InChI is InChI=1S/C24H26N4O4/c1-4-5-21(30)24-22(31-2)11-18(12-23(24)32-3)28-15-25-19-10-16(6-7-20(19)28)17-13-26-27(14-17)8-9-29/h6-7,10-15,29H,4-5,8-9H2,1-3H3. The highest BCUT2D eigenvalue weighted by molar-refractivity contribution is 6.01. The Morgan fingerprint density at radius 2 is 1.84 bits per heavy atom. The first-order chi connectivity index (χ1) is 15.6. The number of rotatable bonds is 9. The van der Waals surface area contributed by atoms with E-state index in [-0.39, 0.29) is 12.4 Å². The molecular weight excluding hydrogens is 408 g/mol. The summed E-state index contributed by atoms with van der Waals surface area (Å²) in [6.45, 7) is 2.46. The van der Waals surface area contributed by atoms with Crippen LogP contribution in [0.2, 0.25) is 0 Å². The largest absolute Gasteiger partial charge is 0.496 e. The predicted octanol–water partition coefficient (Wildman–Crippen LogP) is 3.88. The summed E-state index contributed by atoms with van der Waals surface area (Å²) in [6.07, 6.45) is 6.59. The zero-order valence-electron chi connectivity index (χ0n) is 18.4. The third-order valence-corrected chi connectivity index (χ3v) is 5.37. The van der Waals surface area contributed by atoms with E-state index in [1.807, 2.05) is 48.0 Å². The number of carbonyl (C=O) groups excluding carboxylic acids is 1. The molecule has 2 aromatic carbocycles. The molecule has 8 nitrogen and oxygen atoms in total. The second-order valence-corrected chi connectivity index (χ2v) is 7.43. The molecule has 1 N–H and O–H groups in total. The Labute approximate surface area is 186 Å². The van der Waals surface area contributed by atoms with Crippen molar-refractivity contribution in [1.82, 2.24) is 19.3 Å². The Bertz CT molecular complexity index is 1230. The molecule has 0 radical (unpaired) electrons. The topological polar surface area (TPSA) is 91.4 Å². The Hall–Kier alpha value is -3.65. The number of methoxy groups -OCH3 is 2. The smallest absolute Gasteiger partial charge is 0.170 e. The monoisotopic (exact) mass is 434 g/mol. The molecule has 4 aromatic rings. The number of aromatic nitrogens is 4. The van der Waals surface area contributed by atoms with Gasteiger partial charge < -0.3 is 14.6 Å². The predicted molar refractivity (Wildman–Crippen MR) is 122 cm³/mol. The highest BCUT2D eigenvalue weighted by Gasteiger charge is 2.20. The molecule has 2 aromatic heterocycles. The van der Waals surface area contributed by atoms with Crippen molar-refractivity contribution >= 4 is 16.8 Å². The molecule has 0 aliphatic rings. The van der Waals surface area contributed by atoms with Crippen molar-refractivity contribution in [3.8, 4) is 28.3 Å². The van der Waals surface area contributed by atoms with Crippen molar-refractivity contribution in [2.75, 3.05) is 20.8 Å². The number of Topliss-reactive ketones (excluding diaryl/α,β-unsaturated/α-hetero) is 1. The van der Waals surface area contributed by atoms with Crippen LogP contribution in [0.1, 0.15) is 30.1 Å². The average Bonchev–Trinajstić information content (AvgIpc) is 3.45. The van der Waals surface area contributed by atoms with Gasteiger partial charge in [0.15, 0.2) is 5.78 Å². The van der Waals surface area contributed by atoms with Gasteiger partial charge in [-0.05, 0) is 24.1 Å². The molecule has 0 aliphatic heterocycles. The van der Waals surface area contributed by atoms with Gasteiger partial charge in [0, 0.05) is 30.3 Å². The van der Waals surface area contributed by atoms with Gasteiger partial charge in [-0.3, -0.25) is 14.0 Å². The molecule has 0 spiro atoms. The van der Waals surface area contributed by atoms with Crippen LogP contribution in [0.25, 0.3) is 27.8 Å². The van der Waals surface area contributed by atoms with Crippen molar-refractivity contribution in [1.29, 1.82) is 0 Å². The SMILES string of the molecule is CCCC(=O)c1c(OC)cc(-n2cnc3cc(-c4cnn(CCO)c4)ccc32)cc1OC. The van der Waals surface area contributed by atoms with E-state index < -0.39 is 0 Å². The summed E-state index contributed by atoms with van der Waals surface area (Å²) in [7, 11) is 3.10. The molecule has 8 heteroatoms. The molecule has 0 saturated heterocycles. The van der Waals surface area contributed by atoms with Gasteiger partial charge in [-0.2, -0.15) is 5.10 Å². The minimum absolute atomic E-state index is 0.00498. The number of hydrogen-bond acceptors (Lipinski definition) is 6. The van der Waals surface area contributed by atoms with E-state index in [0.717, 1.165) is 34.3 Å². The van der Waals surface area contributed by atoms with Crippen molar-refractivity contribution in [2.45, 2.75) is 26.3 Å². The summed E-state index contributed by atoms with van der Waals surface area (Å²) in [6, 6.07) is 9.67. The Morgan fingerprint density at radius 3 is 2.50 bits per heavy atom. The molecule has 4 rings (SSSR count). The Morgan fingerprint density at radius 1 is 1.09 bits per heavy atom. The lowest BCUT2D eigenvalue weighted by atomic mass is 10.0. The molecule has 0 fully saturated rings. The molecule has 0 unspecified atom stereocenters. The number of aliphatic hydroxyl groups excluding tert-OH is 1. The quantitative estimate of drug-likeness (QED) is 0.402. The fourth-order valence-corrected chi connectivity index (χ4v) is 3.80. The number of aliphatic hydroxyl groups is 1. The van der Waals surface area contributed by atoms with Crippen LogP contribution >= 0.6 is 0 Å². The number of carbonyl (C=O) groups is 1. The van der Waals surface area contributed by atoms with Gasteiger partial charge in [-0.1, -0.05) is 13.0 Å². The minimum atomic E-state index is -0.00498. The van der Waals surface area contributed by atoms with E-state index in [9.17, 15) is 4.79 Å². The molecule has 0 amide bonds. The first-order valence-corrected chi connectivity index (χ1v) is 10.5. The highest BCUT2D eigenvalue weighted by Crippen LogP contribution is 2.35. The van der Waals surface area contributed by atoms with Gasteiger partial charge >= 0.3 is 0 Å². The fraction of sp³-hybridized carbons (Fsp3) is 0.292. The van der Waals surface area contributed by atoms with Crippen LogP contribution in [0.4, 0.5) is 0 Å². The molecule has 0 saturated carbocycles. The summed E-state index contributed by atoms with van der Waals surface area (Å²) in [5, 5.41) is 13.4. The summed E-state index contributed by atoms with van der Waals surface area (Å²) in [5.41, 5.74) is 4.93. The zero-order chi connectivity index (χ0) is 22.7. The van der Waals surface area contributed by atoms with Gasteiger partial charge in [-0.25, -0.2) is 4.98 Å². The van der Waals surface area contributed by atoms with E-state index in [2.05, 4.69) is 10.1 Å². The molecule has 166 valence electrons. The van der Waals surface area contributed by atoms with Crippen molar-refractivity contribution < 1.29 is 19.4 Å². The molecule has 0 bridgehead atoms. The third kappa shape index (κ3) is 3.97. The molecule has 0 atom stereocenters. The number of fused-ring (bicyclic) bond motifs is 1. The minimum Gasteiger partial charge on any atom is -0.496 e. The lowest BCUT2D eigenvalue weighted by molar-refractivity contribution is 0.0975. The van der Waals surface area contributed by atoms with Crippen molar-refractivity contribution in [3.63, 3.8) is 0 Å². The van der Waals surface area contributed by atoms with Crippen LogP contribution in [0.15, 0.2) is 49.1 Å².